The summed E-state index contributed by atoms with van der Waals surface area (Å²) in [6.45, 7) is 10.1. The largest absolute Gasteiger partial charge is 0.394 e. The summed E-state index contributed by atoms with van der Waals surface area (Å²) in [4.78, 5) is 0. The van der Waals surface area contributed by atoms with Crippen LogP contribution in [0, 0.1) is 5.41 Å². The van der Waals surface area contributed by atoms with Crippen molar-refractivity contribution >= 4 is 85.3 Å². The normalized spacial score (nSPS) is 17.2. The van der Waals surface area contributed by atoms with Gasteiger partial charge in [0.05, 0.1) is 6.10 Å². The zero-order chi connectivity index (χ0) is 33.8. The highest BCUT2D eigenvalue weighted by Crippen LogP contribution is 2.37. The predicted octanol–water partition coefficient (Wildman–Crippen LogP) is 10.5. The van der Waals surface area contributed by atoms with Gasteiger partial charge in [0.15, 0.2) is 0 Å². The lowest BCUT2D eigenvalue weighted by Gasteiger charge is -2.37. The van der Waals surface area contributed by atoms with E-state index in [4.69, 9.17) is 13.6 Å². The minimum absolute atomic E-state index is 0.0839. The van der Waals surface area contributed by atoms with Crippen LogP contribution in [0.4, 0.5) is 0 Å². The van der Waals surface area contributed by atoms with Crippen LogP contribution in [0.1, 0.15) is 40.5 Å². The predicted molar refractivity (Wildman–Crippen MR) is 212 cm³/mol. The van der Waals surface area contributed by atoms with Gasteiger partial charge in [0, 0.05) is 25.7 Å². The van der Waals surface area contributed by atoms with E-state index in [2.05, 4.69) is 137 Å². The molecular formula is C45H46O3Si. The third kappa shape index (κ3) is 5.85. The van der Waals surface area contributed by atoms with Gasteiger partial charge in [0.1, 0.15) is 0 Å². The number of fused-ring (bicyclic) bond motifs is 7. The summed E-state index contributed by atoms with van der Waals surface area (Å²) in [6.07, 6.45) is 6.85. The summed E-state index contributed by atoms with van der Waals surface area (Å²) in [6, 6.07) is 38.8. The highest BCUT2D eigenvalue weighted by Gasteiger charge is 2.39. The van der Waals surface area contributed by atoms with Gasteiger partial charge < -0.3 is 13.6 Å². The van der Waals surface area contributed by atoms with E-state index in [0.29, 0.717) is 13.2 Å². The fourth-order valence-corrected chi connectivity index (χ4v) is 11.4. The molecule has 0 heterocycles. The van der Waals surface area contributed by atoms with Crippen molar-refractivity contribution in [3.63, 3.8) is 0 Å². The summed E-state index contributed by atoms with van der Waals surface area (Å²) in [5.41, 5.74) is -0.105. The molecule has 0 saturated carbocycles. The van der Waals surface area contributed by atoms with E-state index in [-0.39, 0.29) is 11.5 Å². The van der Waals surface area contributed by atoms with Crippen molar-refractivity contribution in [2.45, 2.75) is 58.7 Å². The first-order chi connectivity index (χ1) is 23.8. The van der Waals surface area contributed by atoms with Gasteiger partial charge in [-0.05, 0) is 187 Å². The second-order valence-electron chi connectivity index (χ2n) is 14.3. The molecule has 8 rings (SSSR count). The van der Waals surface area contributed by atoms with Gasteiger partial charge in [0.2, 0.25) is 0 Å². The van der Waals surface area contributed by atoms with Crippen LogP contribution in [0.2, 0.25) is 12.1 Å². The molecule has 3 nitrogen and oxygen atoms in total. The maximum absolute atomic E-state index is 6.30. The van der Waals surface area contributed by atoms with Gasteiger partial charge in [-0.25, -0.2) is 0 Å². The Bertz CT molecular complexity index is 2510. The summed E-state index contributed by atoms with van der Waals surface area (Å²) in [7, 11) is -0.379. The van der Waals surface area contributed by atoms with Crippen LogP contribution >= 0.6 is 0 Å². The minimum Gasteiger partial charge on any atom is -0.394 e. The smallest absolute Gasteiger partial charge is 0.337 e. The quantitative estimate of drug-likeness (QED) is 0.108. The van der Waals surface area contributed by atoms with Crippen molar-refractivity contribution in [3.05, 3.63) is 107 Å². The fraction of sp³-hybridized carbons (Fsp3) is 0.289. The van der Waals surface area contributed by atoms with Crippen molar-refractivity contribution in [2.75, 3.05) is 20.3 Å². The van der Waals surface area contributed by atoms with Gasteiger partial charge in [0.25, 0.3) is 0 Å². The van der Waals surface area contributed by atoms with Crippen molar-refractivity contribution in [2.24, 2.45) is 5.41 Å². The number of rotatable bonds is 10. The molecule has 1 aliphatic rings. The molecule has 0 fully saturated rings. The zero-order valence-electron chi connectivity index (χ0n) is 29.4. The summed E-state index contributed by atoms with van der Waals surface area (Å²) in [5.74, 6) is 0. The molecule has 0 N–H and O–H groups in total. The van der Waals surface area contributed by atoms with E-state index in [1.807, 2.05) is 7.11 Å². The third-order valence-electron chi connectivity index (χ3n) is 11.1. The molecule has 7 aromatic rings. The van der Waals surface area contributed by atoms with Gasteiger partial charge in [-0.2, -0.15) is 0 Å². The monoisotopic (exact) mass is 662 g/mol. The van der Waals surface area contributed by atoms with Crippen molar-refractivity contribution < 1.29 is 13.6 Å². The Kier molecular flexibility index (Phi) is 8.32. The first-order valence-electron chi connectivity index (χ1n) is 18.0. The van der Waals surface area contributed by atoms with E-state index in [9.17, 15) is 0 Å². The number of hydrogen-bond acceptors (Lipinski definition) is 3. The minimum atomic E-state index is -2.24. The molecule has 2 atom stereocenters. The zero-order valence-corrected chi connectivity index (χ0v) is 30.4. The summed E-state index contributed by atoms with van der Waals surface area (Å²) >= 11 is 0. The molecule has 2 unspecified atom stereocenters. The second kappa shape index (κ2) is 12.7. The lowest BCUT2D eigenvalue weighted by molar-refractivity contribution is 0.0272. The second-order valence-corrected chi connectivity index (χ2v) is 17.9. The number of ether oxygens (including phenoxy) is 1. The number of methoxy groups -OCH3 is 1. The summed E-state index contributed by atoms with van der Waals surface area (Å²) < 4.78 is 18.8. The molecule has 0 aliphatic heterocycles. The highest BCUT2D eigenvalue weighted by molar-refractivity contribution is 6.67. The van der Waals surface area contributed by atoms with Crippen LogP contribution in [0.15, 0.2) is 97.1 Å². The van der Waals surface area contributed by atoms with E-state index in [1.165, 1.54) is 75.1 Å². The maximum Gasteiger partial charge on any atom is 0.337 e. The third-order valence-corrected chi connectivity index (χ3v) is 14.9. The van der Waals surface area contributed by atoms with Gasteiger partial charge in [-0.3, -0.25) is 0 Å². The van der Waals surface area contributed by atoms with Crippen LogP contribution in [0.3, 0.4) is 0 Å². The van der Waals surface area contributed by atoms with E-state index in [1.54, 1.807) is 0 Å². The first-order valence-corrected chi connectivity index (χ1v) is 20.3. The first kappa shape index (κ1) is 32.2. The molecule has 1 aliphatic carbocycles. The van der Waals surface area contributed by atoms with E-state index < -0.39 is 8.56 Å². The van der Waals surface area contributed by atoms with Crippen LogP contribution in [-0.4, -0.2) is 35.0 Å². The molecule has 0 radical (unpaired) electrons. The topological polar surface area (TPSA) is 27.7 Å². The Hall–Kier alpha value is -4.06. The fourth-order valence-electron chi connectivity index (χ4n) is 8.47. The van der Waals surface area contributed by atoms with E-state index >= 15 is 0 Å². The Morgan fingerprint density at radius 1 is 0.592 bits per heavy atom. The highest BCUT2D eigenvalue weighted by atomic mass is 28.4. The van der Waals surface area contributed by atoms with E-state index in [0.717, 1.165) is 24.9 Å². The molecule has 7 aromatic carbocycles. The van der Waals surface area contributed by atoms with Gasteiger partial charge in [-0.1, -0.05) is 50.3 Å². The Morgan fingerprint density at radius 3 is 1.41 bits per heavy atom. The average Bonchev–Trinajstić information content (AvgIpc) is 3.10. The standard InChI is InChI=1S/C45H46O3Si/c1-6-47-49(8-3,48-7-2)16-14-44(46-5)45(4)15-13-32-19-35-22-38-25-39-23-36-20-33-17-30-11-9-10-12-31(30)18-34(33)21-37(36)24-40(39)26-41(38)27-42(35)28-43(32)29-45/h9-13,17-29,44H,6-8,14-16H2,1-5H3. The molecule has 4 heteroatoms. The van der Waals surface area contributed by atoms with Crippen molar-refractivity contribution in [1.82, 2.24) is 0 Å². The van der Waals surface area contributed by atoms with Crippen molar-refractivity contribution in [1.29, 1.82) is 0 Å². The number of hydrogen-bond donors (Lipinski definition) is 0. The molecule has 0 aromatic heterocycles. The Labute approximate surface area is 290 Å². The lowest BCUT2D eigenvalue weighted by Crippen LogP contribution is -2.45. The van der Waals surface area contributed by atoms with Crippen LogP contribution in [-0.2, 0) is 13.6 Å². The molecule has 0 spiro atoms. The molecule has 0 bridgehead atoms. The molecule has 248 valence electrons. The van der Waals surface area contributed by atoms with Crippen LogP contribution in [0.5, 0.6) is 0 Å². The number of benzene rings is 7. The molecule has 49 heavy (non-hydrogen) atoms. The SMILES string of the molecule is CCO[Si](CC)(CCC(OC)C1(C)C=c2cc3cc4cc5cc6cc7cc8ccccc8cc7cc6cc5cc4cc3cc2=CC1)OCC. The van der Waals surface area contributed by atoms with Crippen molar-refractivity contribution in [3.8, 4) is 0 Å². The maximum atomic E-state index is 6.30. The van der Waals surface area contributed by atoms with Crippen LogP contribution in [0.25, 0.3) is 76.8 Å². The van der Waals surface area contributed by atoms with Gasteiger partial charge in [-0.15, -0.1) is 0 Å². The Morgan fingerprint density at radius 2 is 1.00 bits per heavy atom. The van der Waals surface area contributed by atoms with Crippen LogP contribution < -0.4 is 10.4 Å². The van der Waals surface area contributed by atoms with Gasteiger partial charge >= 0.3 is 8.56 Å². The summed E-state index contributed by atoms with van der Waals surface area (Å²) in [5, 5.41) is 18.0. The lowest BCUT2D eigenvalue weighted by atomic mass is 9.76. The average molecular weight is 663 g/mol. The molecule has 0 saturated heterocycles. The molecular weight excluding hydrogens is 617 g/mol. The molecule has 0 amide bonds. The Balaban J connectivity index is 1.17.